The van der Waals surface area contributed by atoms with Crippen molar-refractivity contribution in [3.05, 3.63) is 24.8 Å². The summed E-state index contributed by atoms with van der Waals surface area (Å²) < 4.78 is 4.85. The molecule has 3 atom stereocenters. The first-order chi connectivity index (χ1) is 10.5. The Bertz CT molecular complexity index is 345. The van der Waals surface area contributed by atoms with Gasteiger partial charge >= 0.3 is 0 Å². The molecule has 2 N–H and O–H groups in total. The van der Waals surface area contributed by atoms with Gasteiger partial charge in [-0.15, -0.1) is 6.58 Å². The highest BCUT2D eigenvalue weighted by molar-refractivity contribution is 5.82. The van der Waals surface area contributed by atoms with Gasteiger partial charge in [0, 0.05) is 26.1 Å². The summed E-state index contributed by atoms with van der Waals surface area (Å²) in [7, 11) is 1.39. The first kappa shape index (κ1) is 20.8. The smallest absolute Gasteiger partial charge is 0.240 e. The summed E-state index contributed by atoms with van der Waals surface area (Å²) in [4.78, 5) is 14.6. The van der Waals surface area contributed by atoms with Gasteiger partial charge in [0.25, 0.3) is 0 Å². The van der Waals surface area contributed by atoms with Crippen molar-refractivity contribution in [3.8, 4) is 0 Å². The second-order valence-corrected chi connectivity index (χ2v) is 5.21. The Hall–Kier alpha value is -1.17. The first-order valence-corrected chi connectivity index (χ1v) is 8.04. The summed E-state index contributed by atoms with van der Waals surface area (Å²) in [5.74, 6) is -0.134. The number of likely N-dealkylation sites (N-methyl/N-ethyl adjacent to an activating group) is 1. The van der Waals surface area contributed by atoms with E-state index >= 15 is 0 Å². The molecular formula is C17H32N2O3. The molecule has 0 heterocycles. The maximum atomic E-state index is 12.8. The van der Waals surface area contributed by atoms with E-state index < -0.39 is 12.5 Å². The van der Waals surface area contributed by atoms with E-state index in [0.29, 0.717) is 13.0 Å². The molecule has 2 unspecified atom stereocenters. The number of amides is 1. The van der Waals surface area contributed by atoms with Gasteiger partial charge in [0.15, 0.2) is 0 Å². The lowest BCUT2D eigenvalue weighted by Crippen LogP contribution is -2.53. The highest BCUT2D eigenvalue weighted by Crippen LogP contribution is 2.15. The van der Waals surface area contributed by atoms with Crippen molar-refractivity contribution < 1.29 is 14.6 Å². The monoisotopic (exact) mass is 312 g/mol. The molecule has 0 saturated carbocycles. The van der Waals surface area contributed by atoms with Crippen LogP contribution in [0, 0.1) is 5.92 Å². The summed E-state index contributed by atoms with van der Waals surface area (Å²) in [6.07, 6.45) is 7.21. The minimum Gasteiger partial charge on any atom is -0.356 e. The second kappa shape index (κ2) is 12.4. The number of hydrogen-bond acceptors (Lipinski definition) is 4. The summed E-state index contributed by atoms with van der Waals surface area (Å²) >= 11 is 0. The van der Waals surface area contributed by atoms with E-state index in [9.17, 15) is 9.90 Å². The lowest BCUT2D eigenvalue weighted by atomic mass is 9.94. The molecule has 0 bridgehead atoms. The molecule has 0 aromatic heterocycles. The van der Waals surface area contributed by atoms with Crippen molar-refractivity contribution in [2.45, 2.75) is 52.5 Å². The predicted octanol–water partition coefficient (Wildman–Crippen LogP) is 2.28. The number of hydrogen-bond donors (Lipinski definition) is 2. The molecular weight excluding hydrogens is 280 g/mol. The van der Waals surface area contributed by atoms with Gasteiger partial charge in [-0.2, -0.15) is 0 Å². The first-order valence-electron chi connectivity index (χ1n) is 8.04. The van der Waals surface area contributed by atoms with Crippen LogP contribution in [0.2, 0.25) is 0 Å². The molecule has 0 radical (unpaired) electrons. The van der Waals surface area contributed by atoms with Gasteiger partial charge in [0.2, 0.25) is 12.3 Å². The lowest BCUT2D eigenvalue weighted by Gasteiger charge is -2.31. The highest BCUT2D eigenvalue weighted by Gasteiger charge is 2.30. The Morgan fingerprint density at radius 3 is 2.59 bits per heavy atom. The van der Waals surface area contributed by atoms with Gasteiger partial charge < -0.3 is 14.7 Å². The Balaban J connectivity index is 5.15. The number of allylic oxidation sites excluding steroid dienone is 2. The second-order valence-electron chi connectivity index (χ2n) is 5.21. The molecule has 0 aliphatic carbocycles. The molecule has 5 nitrogen and oxygen atoms in total. The van der Waals surface area contributed by atoms with Crippen LogP contribution >= 0.6 is 0 Å². The van der Waals surface area contributed by atoms with Crippen LogP contribution in [0.3, 0.4) is 0 Å². The number of ether oxygens (including phenoxy) is 1. The zero-order valence-electron chi connectivity index (χ0n) is 14.4. The van der Waals surface area contributed by atoms with Gasteiger partial charge in [-0.1, -0.05) is 31.6 Å². The van der Waals surface area contributed by atoms with Crippen molar-refractivity contribution >= 4 is 5.91 Å². The number of nitrogens with zero attached hydrogens (tertiary/aromatic N) is 1. The van der Waals surface area contributed by atoms with Crippen molar-refractivity contribution in [1.82, 2.24) is 10.2 Å². The summed E-state index contributed by atoms with van der Waals surface area (Å²) in [5.41, 5.74) is 0. The van der Waals surface area contributed by atoms with E-state index in [2.05, 4.69) is 18.8 Å². The third-order valence-corrected chi connectivity index (χ3v) is 3.66. The average Bonchev–Trinajstić information content (AvgIpc) is 2.54. The van der Waals surface area contributed by atoms with Gasteiger partial charge in [-0.3, -0.25) is 10.1 Å². The fraction of sp³-hybridized carbons (Fsp3) is 0.706. The summed E-state index contributed by atoms with van der Waals surface area (Å²) in [6.45, 7) is 11.2. The van der Waals surface area contributed by atoms with Crippen molar-refractivity contribution in [1.29, 1.82) is 0 Å². The molecule has 5 heteroatoms. The maximum Gasteiger partial charge on any atom is 0.240 e. The molecule has 0 rings (SSSR count). The van der Waals surface area contributed by atoms with Gasteiger partial charge in [0.05, 0.1) is 6.04 Å². The van der Waals surface area contributed by atoms with Crippen molar-refractivity contribution in [2.24, 2.45) is 5.92 Å². The maximum absolute atomic E-state index is 12.8. The Kier molecular flexibility index (Phi) is 11.7. The molecule has 0 aliphatic rings. The molecule has 1 amide bonds. The number of nitrogens with one attached hydrogen (secondary N) is 1. The molecule has 0 aromatic rings. The van der Waals surface area contributed by atoms with Crippen LogP contribution in [-0.2, 0) is 9.53 Å². The number of aliphatic hydroxyl groups is 1. The lowest BCUT2D eigenvalue weighted by molar-refractivity contribution is -0.143. The number of rotatable bonds is 12. The minimum absolute atomic E-state index is 0.0264. The minimum atomic E-state index is -1.17. The van der Waals surface area contributed by atoms with E-state index in [1.54, 1.807) is 6.08 Å². The third kappa shape index (κ3) is 7.20. The molecule has 22 heavy (non-hydrogen) atoms. The molecule has 0 spiro atoms. The van der Waals surface area contributed by atoms with E-state index in [-0.39, 0.29) is 11.8 Å². The van der Waals surface area contributed by atoms with Crippen LogP contribution in [0.1, 0.15) is 40.0 Å². The van der Waals surface area contributed by atoms with E-state index in [0.717, 1.165) is 19.4 Å². The highest BCUT2D eigenvalue weighted by atomic mass is 16.6. The topological polar surface area (TPSA) is 61.8 Å². The zero-order chi connectivity index (χ0) is 17.0. The summed E-state index contributed by atoms with van der Waals surface area (Å²) in [6, 6.07) is -0.555. The molecule has 128 valence electrons. The molecule has 0 aliphatic heterocycles. The zero-order valence-corrected chi connectivity index (χ0v) is 14.4. The predicted molar refractivity (Wildman–Crippen MR) is 90.2 cm³/mol. The van der Waals surface area contributed by atoms with E-state index in [4.69, 9.17) is 4.74 Å². The van der Waals surface area contributed by atoms with Crippen LogP contribution in [0.4, 0.5) is 0 Å². The number of carbonyl (C=O) groups is 1. The van der Waals surface area contributed by atoms with Gasteiger partial charge in [0.1, 0.15) is 0 Å². The Morgan fingerprint density at radius 1 is 1.45 bits per heavy atom. The van der Waals surface area contributed by atoms with Crippen LogP contribution in [0.15, 0.2) is 24.8 Å². The van der Waals surface area contributed by atoms with Crippen LogP contribution < -0.4 is 5.32 Å². The van der Waals surface area contributed by atoms with Gasteiger partial charge in [-0.25, -0.2) is 0 Å². The van der Waals surface area contributed by atoms with E-state index in [1.165, 1.54) is 7.11 Å². The SMILES string of the molecule is C=CC(C/C=C\C)[C@@H](NC(O)OC)C(=O)N(CC)CCCC. The number of aliphatic hydroxyl groups excluding tert-OH is 1. The van der Waals surface area contributed by atoms with Crippen LogP contribution in [-0.4, -0.2) is 48.6 Å². The van der Waals surface area contributed by atoms with Crippen LogP contribution in [0.5, 0.6) is 0 Å². The van der Waals surface area contributed by atoms with Gasteiger partial charge in [-0.05, 0) is 26.7 Å². The number of methoxy groups -OCH3 is 1. The number of carbonyl (C=O) groups excluding carboxylic acids is 1. The van der Waals surface area contributed by atoms with Crippen molar-refractivity contribution in [3.63, 3.8) is 0 Å². The summed E-state index contributed by atoms with van der Waals surface area (Å²) in [5, 5.41) is 12.6. The van der Waals surface area contributed by atoms with Crippen molar-refractivity contribution in [2.75, 3.05) is 20.2 Å². The Morgan fingerprint density at radius 2 is 2.14 bits per heavy atom. The molecule has 0 saturated heterocycles. The normalized spacial score (nSPS) is 15.5. The fourth-order valence-electron chi connectivity index (χ4n) is 2.23. The Labute approximate surface area is 135 Å². The average molecular weight is 312 g/mol. The largest absolute Gasteiger partial charge is 0.356 e. The number of unbranched alkanes of at least 4 members (excludes halogenated alkanes) is 1. The standard InChI is InChI=1S/C17H32N2O3/c1-6-10-12-14(8-3)15(18-17(21)22-5)16(20)19(9-4)13-11-7-2/h6,8,10,14-15,17-18,21H,3,7,9,11-13H2,1-2,4-5H3/b10-6-/t14?,15-,17?/m1/s1. The molecule has 0 fully saturated rings. The molecule has 0 aromatic carbocycles. The quantitative estimate of drug-likeness (QED) is 0.429. The third-order valence-electron chi connectivity index (χ3n) is 3.66. The van der Waals surface area contributed by atoms with E-state index in [1.807, 2.05) is 30.9 Å². The van der Waals surface area contributed by atoms with Crippen LogP contribution in [0.25, 0.3) is 0 Å². The fourth-order valence-corrected chi connectivity index (χ4v) is 2.23.